The fourth-order valence-electron chi connectivity index (χ4n) is 9.46. The monoisotopic (exact) mass is 871 g/mol. The van der Waals surface area contributed by atoms with Gasteiger partial charge in [-0.2, -0.15) is 0 Å². The largest absolute Gasteiger partial charge is 0.504 e. The van der Waals surface area contributed by atoms with Crippen molar-refractivity contribution in [1.29, 1.82) is 0 Å². The average Bonchev–Trinajstić information content (AvgIpc) is 4.07. The predicted octanol–water partition coefficient (Wildman–Crippen LogP) is 16.7. The van der Waals surface area contributed by atoms with Crippen molar-refractivity contribution in [2.75, 3.05) is 0 Å². The quantitative estimate of drug-likeness (QED) is 0.0453. The van der Waals surface area contributed by atoms with Gasteiger partial charge < -0.3 is 20.6 Å². The third-order valence-electron chi connectivity index (χ3n) is 13.4. The van der Waals surface area contributed by atoms with E-state index in [0.717, 1.165) is 51.8 Å². The van der Waals surface area contributed by atoms with Gasteiger partial charge in [-0.25, -0.2) is 0 Å². The maximum atomic E-state index is 10.6. The van der Waals surface area contributed by atoms with Crippen LogP contribution in [0.1, 0.15) is 84.9 Å². The number of allylic oxidation sites excluding steroid dienone is 11. The van der Waals surface area contributed by atoms with Gasteiger partial charge in [0.25, 0.3) is 0 Å². The molecule has 1 atom stereocenters. The number of benzene rings is 6. The third-order valence-corrected chi connectivity index (χ3v) is 13.4. The van der Waals surface area contributed by atoms with Gasteiger partial charge in [0.1, 0.15) is 0 Å². The zero-order valence-corrected chi connectivity index (χ0v) is 40.3. The lowest BCUT2D eigenvalue weighted by Gasteiger charge is -2.33. The lowest BCUT2D eigenvalue weighted by molar-refractivity contribution is 0.366. The number of phenols is 3. The molecule has 66 heavy (non-hydrogen) atoms. The number of hydrogen-bond donors (Lipinski definition) is 4. The molecule has 0 spiro atoms. The predicted molar refractivity (Wildman–Crippen MR) is 283 cm³/mol. The molecule has 0 saturated heterocycles. The van der Waals surface area contributed by atoms with Crippen LogP contribution in [0.15, 0.2) is 186 Å². The summed E-state index contributed by atoms with van der Waals surface area (Å²) in [6, 6.07) is 34.3. The Labute approximate surface area is 392 Å². The molecule has 4 nitrogen and oxygen atoms in total. The molecule has 0 radical (unpaired) electrons. The molecule has 0 bridgehead atoms. The molecule has 8 rings (SSSR count). The summed E-state index contributed by atoms with van der Waals surface area (Å²) in [6.45, 7) is 20.9. The van der Waals surface area contributed by atoms with E-state index in [9.17, 15) is 15.3 Å². The molecule has 1 unspecified atom stereocenters. The molecule has 2 aliphatic carbocycles. The van der Waals surface area contributed by atoms with Crippen molar-refractivity contribution in [1.82, 2.24) is 5.32 Å². The molecule has 4 heteroatoms. The van der Waals surface area contributed by atoms with Gasteiger partial charge in [-0.1, -0.05) is 180 Å². The summed E-state index contributed by atoms with van der Waals surface area (Å²) in [5, 5.41) is 39.8. The van der Waals surface area contributed by atoms with E-state index in [1.54, 1.807) is 6.92 Å². The van der Waals surface area contributed by atoms with E-state index < -0.39 is 5.75 Å². The number of nitrogens with one attached hydrogen (secondary N) is 1. The number of hydrogen-bond acceptors (Lipinski definition) is 4. The summed E-state index contributed by atoms with van der Waals surface area (Å²) in [5.41, 5.74) is 14.5. The highest BCUT2D eigenvalue weighted by atomic mass is 16.3. The lowest BCUT2D eigenvalue weighted by atomic mass is 9.74. The zero-order chi connectivity index (χ0) is 47.3. The van der Waals surface area contributed by atoms with E-state index >= 15 is 0 Å². The maximum absolute atomic E-state index is 10.6. The van der Waals surface area contributed by atoms with Gasteiger partial charge in [0, 0.05) is 17.2 Å². The van der Waals surface area contributed by atoms with Gasteiger partial charge in [0.2, 0.25) is 5.75 Å². The van der Waals surface area contributed by atoms with Crippen molar-refractivity contribution in [3.8, 4) is 50.6 Å². The minimum Gasteiger partial charge on any atom is -0.504 e. The topological polar surface area (TPSA) is 72.7 Å². The summed E-state index contributed by atoms with van der Waals surface area (Å²) in [5.74, 6) is -1.09. The standard InChI is InChI=1S/C60H59NO3.C2H6/c1-9-11-18-50(37-61-60-33-13-16-39(4)53(14-10-2)59(7,8)54(60)36-60)38(3)15-12-17-42-19-31-51-48(34-42)28-29-49-35-47(30-32-52(49)51)45-22-20-43(21-23-45)44-24-26-46(27-25-44)55-40(5)41(6)56(62)58(64)57(55)63;1-2/h10-32,34-37,61-64H,9,33H2,1-8H3;1-2H3/b14-10-,16-13+,17-12-,18-11-,38-15-,50-37+,53-39-;. The Morgan fingerprint density at radius 1 is 0.697 bits per heavy atom. The van der Waals surface area contributed by atoms with Crippen LogP contribution in [-0.2, 0) is 0 Å². The van der Waals surface area contributed by atoms with Crippen LogP contribution in [0.3, 0.4) is 0 Å². The first-order valence-corrected chi connectivity index (χ1v) is 23.4. The second-order valence-electron chi connectivity index (χ2n) is 17.9. The smallest absolute Gasteiger partial charge is 0.201 e. The Bertz CT molecular complexity index is 3020. The van der Waals surface area contributed by atoms with Crippen LogP contribution in [0.2, 0.25) is 0 Å². The Hall–Kier alpha value is -7.04. The maximum Gasteiger partial charge on any atom is 0.201 e. The molecule has 4 N–H and O–H groups in total. The number of rotatable bonds is 11. The van der Waals surface area contributed by atoms with E-state index in [0.29, 0.717) is 11.1 Å². The first kappa shape index (κ1) is 46.9. The van der Waals surface area contributed by atoms with Crippen molar-refractivity contribution < 1.29 is 15.3 Å². The molecule has 2 aliphatic rings. The summed E-state index contributed by atoms with van der Waals surface area (Å²) in [6.07, 6.45) is 26.6. The highest BCUT2D eigenvalue weighted by Crippen LogP contribution is 2.54. The van der Waals surface area contributed by atoms with Gasteiger partial charge in [0.15, 0.2) is 11.5 Å². The minimum atomic E-state index is -0.493. The Kier molecular flexibility index (Phi) is 13.9. The van der Waals surface area contributed by atoms with Gasteiger partial charge in [-0.15, -0.1) is 0 Å². The molecule has 336 valence electrons. The van der Waals surface area contributed by atoms with Crippen LogP contribution in [-0.4, -0.2) is 20.9 Å². The van der Waals surface area contributed by atoms with Gasteiger partial charge in [-0.3, -0.25) is 0 Å². The third kappa shape index (κ3) is 9.24. The van der Waals surface area contributed by atoms with E-state index in [2.05, 4.69) is 187 Å². The molecule has 0 fully saturated rings. The van der Waals surface area contributed by atoms with Crippen molar-refractivity contribution in [2.45, 2.75) is 87.6 Å². The highest BCUT2D eigenvalue weighted by Gasteiger charge is 2.51. The molecule has 0 saturated carbocycles. The molecule has 0 aliphatic heterocycles. The van der Waals surface area contributed by atoms with Gasteiger partial charge in [-0.05, 0) is 154 Å². The average molecular weight is 872 g/mol. The van der Waals surface area contributed by atoms with E-state index in [4.69, 9.17) is 0 Å². The summed E-state index contributed by atoms with van der Waals surface area (Å²) < 4.78 is 0. The van der Waals surface area contributed by atoms with Crippen molar-refractivity contribution in [3.63, 3.8) is 0 Å². The van der Waals surface area contributed by atoms with Crippen molar-refractivity contribution in [3.05, 3.63) is 203 Å². The Morgan fingerprint density at radius 3 is 1.92 bits per heavy atom. The second kappa shape index (κ2) is 19.6. The first-order valence-electron chi connectivity index (χ1n) is 23.4. The highest BCUT2D eigenvalue weighted by molar-refractivity contribution is 6.09. The molecule has 0 aromatic heterocycles. The minimum absolute atomic E-state index is 0.0477. The van der Waals surface area contributed by atoms with Crippen LogP contribution < -0.4 is 5.32 Å². The van der Waals surface area contributed by atoms with Crippen LogP contribution in [0.4, 0.5) is 0 Å². The van der Waals surface area contributed by atoms with Gasteiger partial charge in [0.05, 0.1) is 5.54 Å². The van der Waals surface area contributed by atoms with E-state index in [1.165, 1.54) is 49.4 Å². The summed E-state index contributed by atoms with van der Waals surface area (Å²) in [4.78, 5) is 0. The second-order valence-corrected chi connectivity index (χ2v) is 17.9. The van der Waals surface area contributed by atoms with Crippen LogP contribution in [0.5, 0.6) is 17.2 Å². The zero-order valence-electron chi connectivity index (χ0n) is 40.3. The van der Waals surface area contributed by atoms with Crippen LogP contribution >= 0.6 is 0 Å². The van der Waals surface area contributed by atoms with E-state index in [-0.39, 0.29) is 22.5 Å². The lowest BCUT2D eigenvalue weighted by Crippen LogP contribution is -2.35. The number of phenolic OH excluding ortho intramolecular Hbond substituents is 3. The normalized spacial score (nSPS) is 18.8. The molecule has 6 aromatic rings. The molecule has 0 heterocycles. The molecular weight excluding hydrogens is 807 g/mol. The van der Waals surface area contributed by atoms with Crippen molar-refractivity contribution >= 4 is 27.6 Å². The fraction of sp³-hybridized carbons (Fsp3) is 0.226. The number of fused-ring (bicyclic) bond motifs is 4. The Morgan fingerprint density at radius 2 is 1.29 bits per heavy atom. The Balaban J connectivity index is 0.00000320. The molecular formula is C62H65NO3. The number of aromatic hydroxyl groups is 3. The fourth-order valence-corrected chi connectivity index (χ4v) is 9.46. The molecule has 0 amide bonds. The van der Waals surface area contributed by atoms with Crippen molar-refractivity contribution in [2.24, 2.45) is 5.41 Å². The summed E-state index contributed by atoms with van der Waals surface area (Å²) in [7, 11) is 0. The van der Waals surface area contributed by atoms with E-state index in [1.807, 2.05) is 45.0 Å². The van der Waals surface area contributed by atoms with Gasteiger partial charge >= 0.3 is 0 Å². The van der Waals surface area contributed by atoms with Crippen LogP contribution in [0, 0.1) is 19.3 Å². The summed E-state index contributed by atoms with van der Waals surface area (Å²) >= 11 is 0. The first-order chi connectivity index (χ1) is 31.8. The van der Waals surface area contributed by atoms with Crippen LogP contribution in [0.25, 0.3) is 61.0 Å². The molecule has 6 aromatic carbocycles. The SMILES string of the molecule is CC.C\C=C/C1=C(C)/C=C/CC2(N/C=C(\C=C/CC)C(/C)=C\C=C/c3ccc4c(ccc5cc(-c6ccc(-c7ccc(-c8c(C)c(C)c(O)c(O)c8O)cc7)cc6)ccc54)c3)C=C2C1(C)C.